The fourth-order valence-electron chi connectivity index (χ4n) is 3.43. The summed E-state index contributed by atoms with van der Waals surface area (Å²) >= 11 is 0. The van der Waals surface area contributed by atoms with E-state index in [4.69, 9.17) is 5.73 Å². The second-order valence-electron chi connectivity index (χ2n) is 7.15. The molecular weight excluding hydrogens is 372 g/mol. The van der Waals surface area contributed by atoms with Crippen LogP contribution in [0, 0.1) is 12.8 Å². The third-order valence-corrected chi connectivity index (χ3v) is 5.01. The van der Waals surface area contributed by atoms with E-state index in [-0.39, 0.29) is 17.3 Å². The van der Waals surface area contributed by atoms with Crippen molar-refractivity contribution in [1.29, 1.82) is 0 Å². The topological polar surface area (TPSA) is 137 Å². The maximum atomic E-state index is 12.8. The van der Waals surface area contributed by atoms with Crippen molar-refractivity contribution in [2.45, 2.75) is 39.0 Å². The molecule has 1 aromatic carbocycles. The number of nitrogens with two attached hydrogens (primary N) is 1. The van der Waals surface area contributed by atoms with E-state index in [9.17, 15) is 4.79 Å². The molecule has 1 saturated carbocycles. The molecule has 0 saturated heterocycles. The lowest BCUT2D eigenvalue weighted by Gasteiger charge is -2.16. The first-order chi connectivity index (χ1) is 14.1. The van der Waals surface area contributed by atoms with Gasteiger partial charge in [-0.1, -0.05) is 54.3 Å². The van der Waals surface area contributed by atoms with Crippen LogP contribution in [0.1, 0.15) is 48.2 Å². The Hall–Kier alpha value is -3.56. The lowest BCUT2D eigenvalue weighted by atomic mass is 9.90. The minimum atomic E-state index is -0.464. The Morgan fingerprint density at radius 1 is 1.24 bits per heavy atom. The number of amides is 1. The predicted octanol–water partition coefficient (Wildman–Crippen LogP) is 2.50. The average molecular weight is 394 g/mol. The maximum Gasteiger partial charge on any atom is 0.294 e. The number of hydrazone groups is 1. The summed E-state index contributed by atoms with van der Waals surface area (Å²) < 4.78 is 6.02. The Balaban J connectivity index is 1.65. The molecule has 1 fully saturated rings. The van der Waals surface area contributed by atoms with Crippen molar-refractivity contribution < 1.29 is 9.42 Å². The summed E-state index contributed by atoms with van der Waals surface area (Å²) in [4.78, 5) is 12.8. The summed E-state index contributed by atoms with van der Waals surface area (Å²) in [6, 6.07) is 7.60. The normalized spacial score (nSPS) is 15.1. The van der Waals surface area contributed by atoms with Gasteiger partial charge in [0.05, 0.1) is 0 Å². The van der Waals surface area contributed by atoms with Gasteiger partial charge < -0.3 is 5.73 Å². The number of hydrogen-bond acceptors (Lipinski definition) is 8. The summed E-state index contributed by atoms with van der Waals surface area (Å²) in [5, 5.41) is 19.6. The lowest BCUT2D eigenvalue weighted by molar-refractivity contribution is 0.0950. The summed E-state index contributed by atoms with van der Waals surface area (Å²) in [5.74, 6) is 0.148. The number of aromatic nitrogens is 5. The Labute approximate surface area is 167 Å². The first kappa shape index (κ1) is 18.8. The number of nitrogens with one attached hydrogen (secondary N) is 1. The molecular formula is C19H22N8O2. The molecule has 10 nitrogen and oxygen atoms in total. The van der Waals surface area contributed by atoms with E-state index in [2.05, 4.69) is 35.8 Å². The van der Waals surface area contributed by atoms with Gasteiger partial charge in [-0.2, -0.15) is 9.78 Å². The first-order valence-corrected chi connectivity index (χ1v) is 9.58. The number of carbonyl (C=O) groups excluding carboxylic acids is 1. The summed E-state index contributed by atoms with van der Waals surface area (Å²) in [7, 11) is 0. The molecule has 0 atom stereocenters. The zero-order valence-corrected chi connectivity index (χ0v) is 16.1. The third-order valence-electron chi connectivity index (χ3n) is 5.01. The molecule has 1 amide bonds. The number of rotatable bonds is 5. The van der Waals surface area contributed by atoms with Crippen molar-refractivity contribution in [3.8, 4) is 17.1 Å². The molecule has 0 spiro atoms. The van der Waals surface area contributed by atoms with E-state index >= 15 is 0 Å². The highest BCUT2D eigenvalue weighted by atomic mass is 16.6. The van der Waals surface area contributed by atoms with Crippen LogP contribution in [-0.4, -0.2) is 37.4 Å². The summed E-state index contributed by atoms with van der Waals surface area (Å²) in [5.41, 5.74) is 10.7. The van der Waals surface area contributed by atoms with E-state index in [0.717, 1.165) is 24.0 Å². The highest BCUT2D eigenvalue weighted by molar-refractivity contribution is 5.98. The zero-order chi connectivity index (χ0) is 20.2. The average Bonchev–Trinajstić information content (AvgIpc) is 3.35. The number of aryl methyl sites for hydroxylation is 1. The van der Waals surface area contributed by atoms with Crippen molar-refractivity contribution in [3.63, 3.8) is 0 Å². The second kappa shape index (κ2) is 8.21. The van der Waals surface area contributed by atoms with Gasteiger partial charge in [0.25, 0.3) is 5.91 Å². The van der Waals surface area contributed by atoms with Crippen molar-refractivity contribution in [1.82, 2.24) is 30.7 Å². The van der Waals surface area contributed by atoms with Crippen LogP contribution in [0.4, 0.5) is 5.82 Å². The lowest BCUT2D eigenvalue weighted by Crippen LogP contribution is -2.20. The van der Waals surface area contributed by atoms with Gasteiger partial charge in [-0.3, -0.25) is 4.79 Å². The van der Waals surface area contributed by atoms with Crippen molar-refractivity contribution in [2.24, 2.45) is 11.0 Å². The first-order valence-electron chi connectivity index (χ1n) is 9.58. The zero-order valence-electron chi connectivity index (χ0n) is 16.1. The van der Waals surface area contributed by atoms with Crippen LogP contribution >= 0.6 is 0 Å². The molecule has 3 aromatic rings. The van der Waals surface area contributed by atoms with Gasteiger partial charge in [0.2, 0.25) is 11.6 Å². The number of nitrogens with zero attached hydrogens (tertiary/aromatic N) is 6. The van der Waals surface area contributed by atoms with Crippen LogP contribution in [0.15, 0.2) is 34.0 Å². The standard InChI is InChI=1S/C19H22N8O2/c1-12-7-9-14(10-8-12)16-15(22-26-27(16)18-17(20)24-29-25-18)19(28)23-21-11-13-5-3-2-4-6-13/h7-11,13H,2-6H2,1H3,(H2,20,24)(H,23,28)/b21-11-. The molecule has 0 bridgehead atoms. The van der Waals surface area contributed by atoms with Crippen LogP contribution in [0.5, 0.6) is 0 Å². The minimum Gasteiger partial charge on any atom is -0.378 e. The number of hydrogen-bond donors (Lipinski definition) is 2. The number of nitrogen functional groups attached to an aromatic ring is 1. The molecule has 2 heterocycles. The van der Waals surface area contributed by atoms with Gasteiger partial charge in [0.1, 0.15) is 5.69 Å². The molecule has 0 radical (unpaired) electrons. The molecule has 0 unspecified atom stereocenters. The van der Waals surface area contributed by atoms with Gasteiger partial charge in [-0.25, -0.2) is 10.1 Å². The van der Waals surface area contributed by atoms with Gasteiger partial charge in [-0.15, -0.1) is 5.10 Å². The summed E-state index contributed by atoms with van der Waals surface area (Å²) in [6.07, 6.45) is 7.67. The Morgan fingerprint density at radius 2 is 2.00 bits per heavy atom. The van der Waals surface area contributed by atoms with Crippen molar-refractivity contribution in [2.75, 3.05) is 5.73 Å². The Bertz CT molecular complexity index is 1020. The monoisotopic (exact) mass is 394 g/mol. The van der Waals surface area contributed by atoms with Gasteiger partial charge in [0.15, 0.2) is 5.69 Å². The molecule has 3 N–H and O–H groups in total. The van der Waals surface area contributed by atoms with Crippen molar-refractivity contribution >= 4 is 17.9 Å². The Kier molecular flexibility index (Phi) is 5.32. The molecule has 150 valence electrons. The minimum absolute atomic E-state index is 0.0468. The number of carbonyl (C=O) groups is 1. The largest absolute Gasteiger partial charge is 0.378 e. The fraction of sp³-hybridized carbons (Fsp3) is 0.368. The molecule has 10 heteroatoms. The highest BCUT2D eigenvalue weighted by Gasteiger charge is 2.25. The van der Waals surface area contributed by atoms with E-state index in [1.165, 1.54) is 23.9 Å². The fourth-order valence-corrected chi connectivity index (χ4v) is 3.43. The van der Waals surface area contributed by atoms with Crippen molar-refractivity contribution in [3.05, 3.63) is 35.5 Å². The van der Waals surface area contributed by atoms with E-state index < -0.39 is 5.91 Å². The Morgan fingerprint density at radius 3 is 2.69 bits per heavy atom. The van der Waals surface area contributed by atoms with Crippen LogP contribution in [0.25, 0.3) is 17.1 Å². The number of anilines is 1. The second-order valence-corrected chi connectivity index (χ2v) is 7.15. The SMILES string of the molecule is Cc1ccc(-c2c(C(=O)N/N=C\C3CCCCC3)nnn2-c2nonc2N)cc1. The molecule has 4 rings (SSSR count). The molecule has 0 aliphatic heterocycles. The quantitative estimate of drug-likeness (QED) is 0.501. The molecule has 2 aromatic heterocycles. The maximum absolute atomic E-state index is 12.8. The van der Waals surface area contributed by atoms with Crippen LogP contribution in [0.3, 0.4) is 0 Å². The van der Waals surface area contributed by atoms with Crippen LogP contribution in [-0.2, 0) is 0 Å². The molecule has 29 heavy (non-hydrogen) atoms. The predicted molar refractivity (Wildman–Crippen MR) is 106 cm³/mol. The highest BCUT2D eigenvalue weighted by Crippen LogP contribution is 2.27. The summed E-state index contributed by atoms with van der Waals surface area (Å²) in [6.45, 7) is 1.98. The van der Waals surface area contributed by atoms with Crippen LogP contribution in [0.2, 0.25) is 0 Å². The van der Waals surface area contributed by atoms with Gasteiger partial charge in [-0.05, 0) is 36.0 Å². The van der Waals surface area contributed by atoms with E-state index in [0.29, 0.717) is 11.6 Å². The molecule has 1 aliphatic rings. The van der Waals surface area contributed by atoms with Gasteiger partial charge >= 0.3 is 0 Å². The smallest absolute Gasteiger partial charge is 0.294 e. The number of benzene rings is 1. The van der Waals surface area contributed by atoms with Crippen LogP contribution < -0.4 is 11.2 Å². The van der Waals surface area contributed by atoms with E-state index in [1.807, 2.05) is 37.4 Å². The van der Waals surface area contributed by atoms with Gasteiger partial charge in [0, 0.05) is 11.8 Å². The molecule has 1 aliphatic carbocycles. The van der Waals surface area contributed by atoms with E-state index in [1.54, 1.807) is 0 Å². The third kappa shape index (κ3) is 4.00.